The van der Waals surface area contributed by atoms with Crippen LogP contribution in [0.15, 0.2) is 42.7 Å². The number of aromatic nitrogens is 1. The minimum Gasteiger partial charge on any atom is -0.507 e. The van der Waals surface area contributed by atoms with Crippen LogP contribution in [0.1, 0.15) is 5.56 Å². The van der Waals surface area contributed by atoms with Gasteiger partial charge in [0.15, 0.2) is 0 Å². The first kappa shape index (κ1) is 9.29. The van der Waals surface area contributed by atoms with E-state index in [2.05, 4.69) is 10.9 Å². The van der Waals surface area contributed by atoms with Crippen LogP contribution in [0.2, 0.25) is 0 Å². The van der Waals surface area contributed by atoms with Crippen molar-refractivity contribution in [3.63, 3.8) is 0 Å². The molecule has 0 aliphatic carbocycles. The number of rotatable bonds is 1. The maximum Gasteiger partial charge on any atom is 0.131 e. The van der Waals surface area contributed by atoms with E-state index in [1.165, 1.54) is 0 Å². The largest absolute Gasteiger partial charge is 0.507 e. The smallest absolute Gasteiger partial charge is 0.131 e. The second-order valence-electron chi connectivity index (χ2n) is 3.09. The maximum absolute atomic E-state index is 9.59. The first-order valence-corrected chi connectivity index (χ1v) is 4.52. The number of benzene rings is 1. The summed E-state index contributed by atoms with van der Waals surface area (Å²) in [6.07, 6.45) is 8.77. The molecule has 0 amide bonds. The van der Waals surface area contributed by atoms with Crippen LogP contribution in [-0.4, -0.2) is 10.1 Å². The second-order valence-corrected chi connectivity index (χ2v) is 3.09. The number of phenolic OH excluding ortho intramolecular Hbond substituents is 1. The Morgan fingerprint density at radius 3 is 2.73 bits per heavy atom. The fourth-order valence-corrected chi connectivity index (χ4v) is 1.45. The van der Waals surface area contributed by atoms with Crippen molar-refractivity contribution in [3.05, 3.63) is 48.3 Å². The van der Waals surface area contributed by atoms with Gasteiger partial charge in [0, 0.05) is 23.5 Å². The van der Waals surface area contributed by atoms with Crippen LogP contribution in [0, 0.1) is 12.3 Å². The van der Waals surface area contributed by atoms with E-state index >= 15 is 0 Å². The molecule has 0 fully saturated rings. The van der Waals surface area contributed by atoms with Crippen molar-refractivity contribution in [1.29, 1.82) is 0 Å². The Labute approximate surface area is 88.2 Å². The third kappa shape index (κ3) is 1.68. The number of hydrogen-bond acceptors (Lipinski definition) is 2. The molecular weight excluding hydrogens is 186 g/mol. The molecule has 2 nitrogen and oxygen atoms in total. The number of hydrogen-bond donors (Lipinski definition) is 1. The summed E-state index contributed by atoms with van der Waals surface area (Å²) in [5.74, 6) is 2.61. The predicted octanol–water partition coefficient (Wildman–Crippen LogP) is 2.44. The van der Waals surface area contributed by atoms with Crippen molar-refractivity contribution >= 4 is 0 Å². The zero-order chi connectivity index (χ0) is 10.7. The highest BCUT2D eigenvalue weighted by molar-refractivity contribution is 5.73. The van der Waals surface area contributed by atoms with Gasteiger partial charge in [-0.25, -0.2) is 0 Å². The molecule has 0 aliphatic rings. The molecule has 0 saturated heterocycles. The van der Waals surface area contributed by atoms with E-state index < -0.39 is 0 Å². The molecule has 0 bridgehead atoms. The number of terminal acetylenes is 1. The Bertz CT molecular complexity index is 512. The topological polar surface area (TPSA) is 33.1 Å². The van der Waals surface area contributed by atoms with Gasteiger partial charge in [-0.15, -0.1) is 6.42 Å². The molecule has 2 rings (SSSR count). The summed E-state index contributed by atoms with van der Waals surface area (Å²) < 4.78 is 0. The summed E-state index contributed by atoms with van der Waals surface area (Å²) in [6.45, 7) is 0. The highest BCUT2D eigenvalue weighted by Crippen LogP contribution is 2.28. The van der Waals surface area contributed by atoms with Crippen LogP contribution in [0.3, 0.4) is 0 Å². The van der Waals surface area contributed by atoms with Crippen LogP contribution in [-0.2, 0) is 0 Å². The summed E-state index contributed by atoms with van der Waals surface area (Å²) in [7, 11) is 0. The van der Waals surface area contributed by atoms with Crippen molar-refractivity contribution in [2.24, 2.45) is 0 Å². The molecule has 1 aromatic carbocycles. The van der Waals surface area contributed by atoms with Crippen LogP contribution in [0.4, 0.5) is 0 Å². The Hall–Kier alpha value is -2.27. The monoisotopic (exact) mass is 195 g/mol. The summed E-state index contributed by atoms with van der Waals surface area (Å²) in [6, 6.07) is 8.95. The lowest BCUT2D eigenvalue weighted by Gasteiger charge is -2.05. The van der Waals surface area contributed by atoms with Crippen LogP contribution >= 0.6 is 0 Å². The van der Waals surface area contributed by atoms with Crippen molar-refractivity contribution in [2.45, 2.75) is 0 Å². The van der Waals surface area contributed by atoms with E-state index in [1.54, 1.807) is 24.5 Å². The van der Waals surface area contributed by atoms with E-state index in [0.29, 0.717) is 5.56 Å². The molecule has 0 saturated carbocycles. The molecule has 1 heterocycles. The van der Waals surface area contributed by atoms with Crippen molar-refractivity contribution in [2.75, 3.05) is 0 Å². The summed E-state index contributed by atoms with van der Waals surface area (Å²) in [5.41, 5.74) is 2.23. The summed E-state index contributed by atoms with van der Waals surface area (Å²) in [4.78, 5) is 4.02. The highest BCUT2D eigenvalue weighted by atomic mass is 16.3. The molecule has 1 N–H and O–H groups in total. The van der Waals surface area contributed by atoms with Crippen molar-refractivity contribution < 1.29 is 5.11 Å². The zero-order valence-electron chi connectivity index (χ0n) is 8.01. The maximum atomic E-state index is 9.59. The van der Waals surface area contributed by atoms with E-state index in [0.717, 1.165) is 11.1 Å². The third-order valence-electron chi connectivity index (χ3n) is 2.16. The van der Waals surface area contributed by atoms with Crippen LogP contribution in [0.5, 0.6) is 5.75 Å². The normalized spacial score (nSPS) is 9.53. The molecule has 0 atom stereocenters. The first-order valence-electron chi connectivity index (χ1n) is 4.52. The minimum atomic E-state index is 0.124. The summed E-state index contributed by atoms with van der Waals surface area (Å²) >= 11 is 0. The van der Waals surface area contributed by atoms with Gasteiger partial charge in [-0.2, -0.15) is 0 Å². The number of pyridine rings is 1. The van der Waals surface area contributed by atoms with Gasteiger partial charge in [0.05, 0.1) is 5.56 Å². The van der Waals surface area contributed by atoms with Gasteiger partial charge in [-0.3, -0.25) is 4.98 Å². The quantitative estimate of drug-likeness (QED) is 0.709. The number of phenols is 1. The highest BCUT2D eigenvalue weighted by Gasteiger charge is 2.06. The molecular formula is C13H9NO. The van der Waals surface area contributed by atoms with E-state index in [1.807, 2.05) is 18.2 Å². The molecule has 2 aromatic rings. The SMILES string of the molecule is C#Cc1c(O)cccc1-c1cccnc1. The summed E-state index contributed by atoms with van der Waals surface area (Å²) in [5, 5.41) is 9.59. The minimum absolute atomic E-state index is 0.124. The molecule has 0 unspecified atom stereocenters. The Morgan fingerprint density at radius 2 is 2.07 bits per heavy atom. The fourth-order valence-electron chi connectivity index (χ4n) is 1.45. The standard InChI is InChI=1S/C13H9NO/c1-2-11-12(6-3-7-13(11)15)10-5-4-8-14-9-10/h1,3-9,15H. The van der Waals surface area contributed by atoms with Gasteiger partial charge in [-0.05, 0) is 12.1 Å². The Balaban J connectivity index is 2.65. The van der Waals surface area contributed by atoms with Crippen LogP contribution in [0.25, 0.3) is 11.1 Å². The lowest BCUT2D eigenvalue weighted by Crippen LogP contribution is -1.85. The van der Waals surface area contributed by atoms with Gasteiger partial charge < -0.3 is 5.11 Å². The second kappa shape index (κ2) is 3.85. The average Bonchev–Trinajstić information content (AvgIpc) is 2.30. The molecule has 72 valence electrons. The Morgan fingerprint density at radius 1 is 1.20 bits per heavy atom. The zero-order valence-corrected chi connectivity index (χ0v) is 8.01. The van der Waals surface area contributed by atoms with Crippen molar-refractivity contribution in [3.8, 4) is 29.2 Å². The third-order valence-corrected chi connectivity index (χ3v) is 2.16. The molecule has 1 aromatic heterocycles. The fraction of sp³-hybridized carbons (Fsp3) is 0. The lowest BCUT2D eigenvalue weighted by molar-refractivity contribution is 0.474. The van der Waals surface area contributed by atoms with Gasteiger partial charge in [0.2, 0.25) is 0 Å². The average molecular weight is 195 g/mol. The van der Waals surface area contributed by atoms with Gasteiger partial charge >= 0.3 is 0 Å². The van der Waals surface area contributed by atoms with E-state index in [-0.39, 0.29) is 5.75 Å². The molecule has 15 heavy (non-hydrogen) atoms. The molecule has 2 heteroatoms. The van der Waals surface area contributed by atoms with Gasteiger partial charge in [0.1, 0.15) is 5.75 Å². The lowest BCUT2D eigenvalue weighted by atomic mass is 10.0. The van der Waals surface area contributed by atoms with E-state index in [9.17, 15) is 5.11 Å². The van der Waals surface area contributed by atoms with Gasteiger partial charge in [-0.1, -0.05) is 24.1 Å². The van der Waals surface area contributed by atoms with Crippen LogP contribution < -0.4 is 0 Å². The molecule has 0 spiro atoms. The first-order chi connectivity index (χ1) is 7.33. The molecule has 0 aliphatic heterocycles. The van der Waals surface area contributed by atoms with E-state index in [4.69, 9.17) is 6.42 Å². The van der Waals surface area contributed by atoms with Gasteiger partial charge in [0.25, 0.3) is 0 Å². The Kier molecular flexibility index (Phi) is 2.38. The number of aromatic hydroxyl groups is 1. The van der Waals surface area contributed by atoms with Crippen molar-refractivity contribution in [1.82, 2.24) is 4.98 Å². The predicted molar refractivity (Wildman–Crippen MR) is 59.3 cm³/mol. The molecule has 0 radical (unpaired) electrons. The number of nitrogens with zero attached hydrogens (tertiary/aromatic N) is 1.